The minimum Gasteiger partial charge on any atom is -0.496 e. The maximum absolute atomic E-state index is 13.8. The number of aromatic nitrogens is 1. The SMILES string of the molecule is COc1ccccc1Cn1c(C)cc2c(c1=O)[C@@H](c1ccccc1OC)C(C#N)=C(N)O2. The van der Waals surface area contributed by atoms with Crippen LogP contribution in [0, 0.1) is 18.3 Å². The monoisotopic (exact) mass is 429 g/mol. The molecule has 1 aliphatic rings. The van der Waals surface area contributed by atoms with Gasteiger partial charge >= 0.3 is 0 Å². The summed E-state index contributed by atoms with van der Waals surface area (Å²) in [4.78, 5) is 13.8. The number of nitriles is 1. The number of fused-ring (bicyclic) bond motifs is 1. The van der Waals surface area contributed by atoms with Gasteiger partial charge in [0.25, 0.3) is 5.56 Å². The predicted octanol–water partition coefficient (Wildman–Crippen LogP) is 3.44. The van der Waals surface area contributed by atoms with E-state index < -0.39 is 5.92 Å². The van der Waals surface area contributed by atoms with E-state index in [0.717, 1.165) is 5.56 Å². The summed E-state index contributed by atoms with van der Waals surface area (Å²) in [6.07, 6.45) is 0. The lowest BCUT2D eigenvalue weighted by Crippen LogP contribution is -2.33. The smallest absolute Gasteiger partial charge is 0.259 e. The molecule has 0 saturated carbocycles. The van der Waals surface area contributed by atoms with E-state index in [1.165, 1.54) is 0 Å². The third-order valence-corrected chi connectivity index (χ3v) is 5.66. The van der Waals surface area contributed by atoms with Crippen molar-refractivity contribution in [1.29, 1.82) is 5.26 Å². The quantitative estimate of drug-likeness (QED) is 0.667. The Balaban J connectivity index is 1.95. The van der Waals surface area contributed by atoms with Crippen LogP contribution in [0.2, 0.25) is 0 Å². The van der Waals surface area contributed by atoms with Crippen LogP contribution in [0.5, 0.6) is 17.2 Å². The average Bonchev–Trinajstić information content (AvgIpc) is 2.81. The Morgan fingerprint density at radius 3 is 2.44 bits per heavy atom. The van der Waals surface area contributed by atoms with Gasteiger partial charge in [0.1, 0.15) is 28.9 Å². The Labute approximate surface area is 185 Å². The first-order chi connectivity index (χ1) is 15.5. The Bertz CT molecular complexity index is 1320. The van der Waals surface area contributed by atoms with E-state index in [-0.39, 0.29) is 17.0 Å². The zero-order valence-electron chi connectivity index (χ0n) is 18.1. The molecule has 0 saturated heterocycles. The highest BCUT2D eigenvalue weighted by Gasteiger charge is 2.35. The van der Waals surface area contributed by atoms with Crippen molar-refractivity contribution >= 4 is 0 Å². The molecular formula is C25H23N3O4. The molecular weight excluding hydrogens is 406 g/mol. The van der Waals surface area contributed by atoms with Crippen molar-refractivity contribution < 1.29 is 14.2 Å². The third-order valence-electron chi connectivity index (χ3n) is 5.66. The molecule has 0 spiro atoms. The highest BCUT2D eigenvalue weighted by molar-refractivity contribution is 5.58. The molecule has 0 amide bonds. The summed E-state index contributed by atoms with van der Waals surface area (Å²) in [6.45, 7) is 2.14. The molecule has 0 aliphatic carbocycles. The second kappa shape index (κ2) is 8.52. The van der Waals surface area contributed by atoms with Crippen molar-refractivity contribution in [2.45, 2.75) is 19.4 Å². The van der Waals surface area contributed by atoms with Crippen LogP contribution in [0.1, 0.15) is 28.3 Å². The van der Waals surface area contributed by atoms with Gasteiger partial charge in [-0.05, 0) is 19.1 Å². The number of pyridine rings is 1. The molecule has 2 heterocycles. The van der Waals surface area contributed by atoms with E-state index >= 15 is 0 Å². The Hall–Kier alpha value is -4.18. The van der Waals surface area contributed by atoms with Crippen molar-refractivity contribution in [3.63, 3.8) is 0 Å². The molecule has 162 valence electrons. The third kappa shape index (κ3) is 3.46. The first-order valence-electron chi connectivity index (χ1n) is 10.1. The van der Waals surface area contributed by atoms with Gasteiger partial charge < -0.3 is 24.5 Å². The Morgan fingerprint density at radius 1 is 1.09 bits per heavy atom. The number of aryl methyl sites for hydroxylation is 1. The summed E-state index contributed by atoms with van der Waals surface area (Å²) in [7, 11) is 3.15. The van der Waals surface area contributed by atoms with Crippen LogP contribution in [0.4, 0.5) is 0 Å². The number of allylic oxidation sites excluding steroid dienone is 1. The summed E-state index contributed by atoms with van der Waals surface area (Å²) in [6, 6.07) is 18.7. The van der Waals surface area contributed by atoms with Crippen LogP contribution in [-0.4, -0.2) is 18.8 Å². The van der Waals surface area contributed by atoms with E-state index in [1.807, 2.05) is 49.4 Å². The maximum atomic E-state index is 13.8. The molecule has 7 nitrogen and oxygen atoms in total. The summed E-state index contributed by atoms with van der Waals surface area (Å²) in [5.74, 6) is 0.864. The largest absolute Gasteiger partial charge is 0.496 e. The van der Waals surface area contributed by atoms with Crippen LogP contribution in [0.25, 0.3) is 0 Å². The molecule has 2 N–H and O–H groups in total. The van der Waals surface area contributed by atoms with Crippen molar-refractivity contribution in [2.75, 3.05) is 14.2 Å². The fraction of sp³-hybridized carbons (Fsp3) is 0.200. The number of para-hydroxylation sites is 2. The van der Waals surface area contributed by atoms with E-state index in [9.17, 15) is 10.1 Å². The van der Waals surface area contributed by atoms with Crippen LogP contribution in [-0.2, 0) is 6.54 Å². The van der Waals surface area contributed by atoms with E-state index in [0.29, 0.717) is 40.6 Å². The molecule has 0 fully saturated rings. The summed E-state index contributed by atoms with van der Waals surface area (Å²) in [5, 5.41) is 9.87. The van der Waals surface area contributed by atoms with Gasteiger partial charge in [0.15, 0.2) is 0 Å². The predicted molar refractivity (Wildman–Crippen MR) is 120 cm³/mol. The lowest BCUT2D eigenvalue weighted by atomic mass is 9.83. The van der Waals surface area contributed by atoms with E-state index in [4.69, 9.17) is 19.9 Å². The van der Waals surface area contributed by atoms with Gasteiger partial charge in [-0.2, -0.15) is 5.26 Å². The van der Waals surface area contributed by atoms with Gasteiger partial charge in [0.2, 0.25) is 5.88 Å². The first-order valence-corrected chi connectivity index (χ1v) is 10.1. The Kier molecular flexibility index (Phi) is 5.61. The molecule has 32 heavy (non-hydrogen) atoms. The molecule has 2 aromatic carbocycles. The molecule has 3 aromatic rings. The Morgan fingerprint density at radius 2 is 1.75 bits per heavy atom. The summed E-state index contributed by atoms with van der Waals surface area (Å²) >= 11 is 0. The lowest BCUT2D eigenvalue weighted by Gasteiger charge is -2.28. The minimum absolute atomic E-state index is 0.0165. The topological polar surface area (TPSA) is 99.5 Å². The number of hydrogen-bond donors (Lipinski definition) is 1. The fourth-order valence-electron chi connectivity index (χ4n) is 4.10. The van der Waals surface area contributed by atoms with E-state index in [2.05, 4.69) is 6.07 Å². The van der Waals surface area contributed by atoms with Crippen molar-refractivity contribution in [3.05, 3.63) is 98.8 Å². The van der Waals surface area contributed by atoms with Crippen molar-refractivity contribution in [2.24, 2.45) is 5.73 Å². The van der Waals surface area contributed by atoms with Gasteiger partial charge in [-0.25, -0.2) is 0 Å². The first kappa shape index (κ1) is 21.1. The van der Waals surface area contributed by atoms with E-state index in [1.54, 1.807) is 30.9 Å². The molecule has 0 unspecified atom stereocenters. The molecule has 1 aromatic heterocycles. The molecule has 7 heteroatoms. The lowest BCUT2D eigenvalue weighted by molar-refractivity contribution is 0.382. The standard InChI is InChI=1S/C25H23N3O4/c1-15-12-21-23(25(29)28(15)14-16-8-4-6-10-19(16)30-2)22(18(13-26)24(27)32-21)17-9-5-7-11-20(17)31-3/h4-12,22H,14,27H2,1-3H3/t22-/m0/s1. The summed E-state index contributed by atoms with van der Waals surface area (Å²) < 4.78 is 18.4. The average molecular weight is 429 g/mol. The fourth-order valence-corrected chi connectivity index (χ4v) is 4.10. The number of nitrogens with zero attached hydrogens (tertiary/aromatic N) is 2. The zero-order valence-corrected chi connectivity index (χ0v) is 18.1. The van der Waals surface area contributed by atoms with Crippen molar-refractivity contribution in [3.8, 4) is 23.3 Å². The van der Waals surface area contributed by atoms with Gasteiger partial charge in [-0.15, -0.1) is 0 Å². The number of nitrogens with two attached hydrogens (primary N) is 1. The van der Waals surface area contributed by atoms with Gasteiger partial charge in [0.05, 0.1) is 32.2 Å². The molecule has 4 rings (SSSR count). The molecule has 1 aliphatic heterocycles. The van der Waals surface area contributed by atoms with Crippen LogP contribution < -0.4 is 25.5 Å². The number of methoxy groups -OCH3 is 2. The van der Waals surface area contributed by atoms with Crippen molar-refractivity contribution in [1.82, 2.24) is 4.57 Å². The second-order valence-electron chi connectivity index (χ2n) is 7.43. The molecule has 1 atom stereocenters. The zero-order chi connectivity index (χ0) is 22.8. The maximum Gasteiger partial charge on any atom is 0.259 e. The highest BCUT2D eigenvalue weighted by Crippen LogP contribution is 2.43. The van der Waals surface area contributed by atoms with Crippen LogP contribution in [0.3, 0.4) is 0 Å². The van der Waals surface area contributed by atoms with Crippen LogP contribution >= 0.6 is 0 Å². The summed E-state index contributed by atoms with van der Waals surface area (Å²) in [5.41, 5.74) is 8.58. The minimum atomic E-state index is -0.711. The highest BCUT2D eigenvalue weighted by atomic mass is 16.5. The molecule has 0 bridgehead atoms. The van der Waals surface area contributed by atoms with Gasteiger partial charge in [-0.1, -0.05) is 36.4 Å². The second-order valence-corrected chi connectivity index (χ2v) is 7.43. The number of benzene rings is 2. The normalized spacial score (nSPS) is 14.9. The molecule has 0 radical (unpaired) electrons. The number of rotatable bonds is 5. The van der Waals surface area contributed by atoms with Gasteiger partial charge in [0, 0.05) is 22.9 Å². The van der Waals surface area contributed by atoms with Crippen LogP contribution in [0.15, 0.2) is 70.8 Å². The number of ether oxygens (including phenoxy) is 3. The van der Waals surface area contributed by atoms with Gasteiger partial charge in [-0.3, -0.25) is 4.79 Å². The number of hydrogen-bond acceptors (Lipinski definition) is 6.